The van der Waals surface area contributed by atoms with Crippen molar-refractivity contribution < 1.29 is 18.7 Å². The maximum atomic E-state index is 13.7. The minimum atomic E-state index is -0.252. The number of amides is 2. The molecule has 2 aliphatic heterocycles. The van der Waals surface area contributed by atoms with Crippen molar-refractivity contribution in [2.75, 3.05) is 19.8 Å². The van der Waals surface area contributed by atoms with Crippen LogP contribution in [0.2, 0.25) is 0 Å². The third-order valence-electron chi connectivity index (χ3n) is 5.35. The Morgan fingerprint density at radius 2 is 1.96 bits per heavy atom. The highest BCUT2D eigenvalue weighted by atomic mass is 19.1. The Morgan fingerprint density at radius 3 is 2.79 bits per heavy atom. The fourth-order valence-corrected chi connectivity index (χ4v) is 3.77. The van der Waals surface area contributed by atoms with Crippen molar-refractivity contribution >= 4 is 6.03 Å². The lowest BCUT2D eigenvalue weighted by atomic mass is 10.0. The van der Waals surface area contributed by atoms with Gasteiger partial charge in [-0.3, -0.25) is 0 Å². The molecule has 4 rings (SSSR count). The molecule has 0 spiro atoms. The molecule has 2 aromatic rings. The van der Waals surface area contributed by atoms with Crippen LogP contribution in [-0.4, -0.2) is 30.7 Å². The van der Waals surface area contributed by atoms with Gasteiger partial charge in [-0.1, -0.05) is 18.2 Å². The first kappa shape index (κ1) is 18.6. The Morgan fingerprint density at radius 1 is 1.14 bits per heavy atom. The van der Waals surface area contributed by atoms with Crippen LogP contribution in [0, 0.1) is 12.7 Å². The van der Waals surface area contributed by atoms with Gasteiger partial charge in [0.1, 0.15) is 5.82 Å². The lowest BCUT2D eigenvalue weighted by molar-refractivity contribution is 0.192. The molecule has 1 fully saturated rings. The summed E-state index contributed by atoms with van der Waals surface area (Å²) < 4.78 is 25.2. The van der Waals surface area contributed by atoms with Gasteiger partial charge in [0, 0.05) is 19.5 Å². The first-order valence-corrected chi connectivity index (χ1v) is 9.81. The summed E-state index contributed by atoms with van der Waals surface area (Å²) in [4.78, 5) is 14.6. The summed E-state index contributed by atoms with van der Waals surface area (Å²) in [6.45, 7) is 4.03. The number of benzene rings is 2. The standard InChI is InChI=1S/C22H25FN2O3/c1-15-5-6-16(12-18(15)23)14-24-22(26)25-9-2-4-19(25)17-7-8-20-21(13-17)28-11-3-10-27-20/h5-8,12-13,19H,2-4,9-11,14H2,1H3,(H,24,26)/t19-/m0/s1. The average Bonchev–Trinajstić information content (AvgIpc) is 3.07. The van der Waals surface area contributed by atoms with Gasteiger partial charge in [-0.25, -0.2) is 9.18 Å². The molecule has 6 heteroatoms. The summed E-state index contributed by atoms with van der Waals surface area (Å²) in [5, 5.41) is 2.92. The largest absolute Gasteiger partial charge is 0.490 e. The molecule has 0 bridgehead atoms. The molecule has 2 aliphatic rings. The average molecular weight is 384 g/mol. The molecule has 1 N–H and O–H groups in total. The maximum absolute atomic E-state index is 13.7. The predicted molar refractivity (Wildman–Crippen MR) is 104 cm³/mol. The van der Waals surface area contributed by atoms with Gasteiger partial charge < -0.3 is 19.7 Å². The fraction of sp³-hybridized carbons (Fsp3) is 0.409. The second kappa shape index (κ2) is 8.09. The number of hydrogen-bond donors (Lipinski definition) is 1. The zero-order valence-corrected chi connectivity index (χ0v) is 16.0. The summed E-state index contributed by atoms with van der Waals surface area (Å²) in [5.74, 6) is 1.26. The monoisotopic (exact) mass is 384 g/mol. The van der Waals surface area contributed by atoms with E-state index in [0.29, 0.717) is 31.9 Å². The minimum absolute atomic E-state index is 0.00640. The highest BCUT2D eigenvalue weighted by Crippen LogP contribution is 2.37. The lowest BCUT2D eigenvalue weighted by Crippen LogP contribution is -2.39. The molecule has 5 nitrogen and oxygen atoms in total. The Hall–Kier alpha value is -2.76. The van der Waals surface area contributed by atoms with Gasteiger partial charge >= 0.3 is 6.03 Å². The van der Waals surface area contributed by atoms with Crippen molar-refractivity contribution in [2.24, 2.45) is 0 Å². The molecule has 1 saturated heterocycles. The van der Waals surface area contributed by atoms with E-state index in [-0.39, 0.29) is 17.9 Å². The number of hydrogen-bond acceptors (Lipinski definition) is 3. The number of aryl methyl sites for hydroxylation is 1. The molecular formula is C22H25FN2O3. The zero-order valence-electron chi connectivity index (χ0n) is 16.0. The van der Waals surface area contributed by atoms with Gasteiger partial charge in [-0.2, -0.15) is 0 Å². The molecule has 1 atom stereocenters. The molecule has 28 heavy (non-hydrogen) atoms. The fourth-order valence-electron chi connectivity index (χ4n) is 3.77. The van der Waals surface area contributed by atoms with E-state index in [9.17, 15) is 9.18 Å². The Kier molecular flexibility index (Phi) is 5.37. The van der Waals surface area contributed by atoms with Gasteiger partial charge in [0.25, 0.3) is 0 Å². The van der Waals surface area contributed by atoms with Crippen LogP contribution in [0.4, 0.5) is 9.18 Å². The molecule has 0 radical (unpaired) electrons. The molecule has 148 valence electrons. The van der Waals surface area contributed by atoms with Crippen LogP contribution in [0.25, 0.3) is 0 Å². The van der Waals surface area contributed by atoms with E-state index >= 15 is 0 Å². The highest BCUT2D eigenvalue weighted by Gasteiger charge is 2.30. The van der Waals surface area contributed by atoms with E-state index < -0.39 is 0 Å². The van der Waals surface area contributed by atoms with E-state index in [0.717, 1.165) is 41.9 Å². The molecule has 0 unspecified atom stereocenters. The van der Waals surface area contributed by atoms with Crippen molar-refractivity contribution in [3.63, 3.8) is 0 Å². The van der Waals surface area contributed by atoms with Gasteiger partial charge in [-0.05, 0) is 54.7 Å². The number of urea groups is 1. The highest BCUT2D eigenvalue weighted by molar-refractivity contribution is 5.75. The van der Waals surface area contributed by atoms with Crippen LogP contribution in [0.3, 0.4) is 0 Å². The van der Waals surface area contributed by atoms with E-state index in [1.165, 1.54) is 6.07 Å². The second-order valence-electron chi connectivity index (χ2n) is 7.35. The summed E-state index contributed by atoms with van der Waals surface area (Å²) >= 11 is 0. The van der Waals surface area contributed by atoms with E-state index in [1.807, 2.05) is 29.2 Å². The van der Waals surface area contributed by atoms with Crippen molar-refractivity contribution in [3.8, 4) is 11.5 Å². The second-order valence-corrected chi connectivity index (χ2v) is 7.35. The van der Waals surface area contributed by atoms with Crippen LogP contribution in [-0.2, 0) is 6.54 Å². The van der Waals surface area contributed by atoms with Crippen molar-refractivity contribution in [3.05, 3.63) is 58.9 Å². The van der Waals surface area contributed by atoms with Crippen LogP contribution in [0.5, 0.6) is 11.5 Å². The number of halogens is 1. The number of carbonyl (C=O) groups is 1. The number of ether oxygens (including phenoxy) is 2. The first-order chi connectivity index (χ1) is 13.6. The number of fused-ring (bicyclic) bond motifs is 1. The summed E-state index contributed by atoms with van der Waals surface area (Å²) in [6.07, 6.45) is 2.72. The SMILES string of the molecule is Cc1ccc(CNC(=O)N2CCC[C@H]2c2ccc3c(c2)OCCCO3)cc1F. The van der Waals surface area contributed by atoms with E-state index in [4.69, 9.17) is 9.47 Å². The van der Waals surface area contributed by atoms with Crippen molar-refractivity contribution in [2.45, 2.75) is 38.8 Å². The van der Waals surface area contributed by atoms with Gasteiger partial charge in [0.2, 0.25) is 0 Å². The van der Waals surface area contributed by atoms with Crippen LogP contribution in [0.1, 0.15) is 42.0 Å². The number of likely N-dealkylation sites (tertiary alicyclic amines) is 1. The summed E-state index contributed by atoms with van der Waals surface area (Å²) in [5.41, 5.74) is 2.41. The smallest absolute Gasteiger partial charge is 0.318 e. The summed E-state index contributed by atoms with van der Waals surface area (Å²) in [7, 11) is 0. The normalized spacial score (nSPS) is 18.6. The number of rotatable bonds is 3. The Balaban J connectivity index is 1.44. The van der Waals surface area contributed by atoms with Gasteiger partial charge in [-0.15, -0.1) is 0 Å². The lowest BCUT2D eigenvalue weighted by Gasteiger charge is -2.26. The number of nitrogens with one attached hydrogen (secondary N) is 1. The molecule has 0 aromatic heterocycles. The molecule has 2 amide bonds. The van der Waals surface area contributed by atoms with E-state index in [2.05, 4.69) is 5.32 Å². The third-order valence-corrected chi connectivity index (χ3v) is 5.35. The van der Waals surface area contributed by atoms with Crippen molar-refractivity contribution in [1.82, 2.24) is 10.2 Å². The minimum Gasteiger partial charge on any atom is -0.490 e. The van der Waals surface area contributed by atoms with Gasteiger partial charge in [0.05, 0.1) is 19.3 Å². The number of nitrogens with zero attached hydrogens (tertiary/aromatic N) is 1. The molecule has 2 aromatic carbocycles. The zero-order chi connectivity index (χ0) is 19.5. The quantitative estimate of drug-likeness (QED) is 0.856. The first-order valence-electron chi connectivity index (χ1n) is 9.81. The van der Waals surface area contributed by atoms with Crippen LogP contribution < -0.4 is 14.8 Å². The van der Waals surface area contributed by atoms with Gasteiger partial charge in [0.15, 0.2) is 11.5 Å². The summed E-state index contributed by atoms with van der Waals surface area (Å²) in [6, 6.07) is 10.9. The number of carbonyl (C=O) groups excluding carboxylic acids is 1. The molecule has 0 saturated carbocycles. The van der Waals surface area contributed by atoms with Crippen molar-refractivity contribution in [1.29, 1.82) is 0 Å². The predicted octanol–water partition coefficient (Wildman–Crippen LogP) is 4.34. The van der Waals surface area contributed by atoms with E-state index in [1.54, 1.807) is 13.0 Å². The molecule has 0 aliphatic carbocycles. The molecular weight excluding hydrogens is 359 g/mol. The Labute approximate surface area is 164 Å². The third kappa shape index (κ3) is 3.91. The van der Waals surface area contributed by atoms with Crippen LogP contribution in [0.15, 0.2) is 36.4 Å². The Bertz CT molecular complexity index is 871. The molecule has 2 heterocycles. The topological polar surface area (TPSA) is 50.8 Å². The van der Waals surface area contributed by atoms with Crippen LogP contribution >= 0.6 is 0 Å². The maximum Gasteiger partial charge on any atom is 0.318 e.